The van der Waals surface area contributed by atoms with Crippen LogP contribution in [0.25, 0.3) is 0 Å². The van der Waals surface area contributed by atoms with E-state index < -0.39 is 0 Å². The summed E-state index contributed by atoms with van der Waals surface area (Å²) in [6.07, 6.45) is 5.43. The lowest BCUT2D eigenvalue weighted by Gasteiger charge is -2.37. The fourth-order valence-corrected chi connectivity index (χ4v) is 3.23. The smallest absolute Gasteiger partial charge is 0.227 e. The van der Waals surface area contributed by atoms with Crippen LogP contribution in [0.15, 0.2) is 4.52 Å². The first kappa shape index (κ1) is 16.0. The number of rotatable bonds is 6. The summed E-state index contributed by atoms with van der Waals surface area (Å²) in [5, 5.41) is 12.9. The van der Waals surface area contributed by atoms with Crippen molar-refractivity contribution >= 4 is 0 Å². The zero-order valence-electron chi connectivity index (χ0n) is 13.3. The topological polar surface area (TPSA) is 71.9 Å². The van der Waals surface area contributed by atoms with Crippen molar-refractivity contribution < 1.29 is 9.26 Å². The Labute approximate surface area is 126 Å². The molecule has 1 aromatic heterocycles. The monoisotopic (exact) mass is 291 g/mol. The molecule has 0 radical (unpaired) electrons. The highest BCUT2D eigenvalue weighted by molar-refractivity contribution is 5.04. The van der Waals surface area contributed by atoms with E-state index in [0.29, 0.717) is 37.1 Å². The Morgan fingerprint density at radius 3 is 3.05 bits per heavy atom. The summed E-state index contributed by atoms with van der Waals surface area (Å²) in [5.74, 6) is 2.15. The maximum atomic E-state index is 8.73. The molecular formula is C16H25N3O2. The van der Waals surface area contributed by atoms with Crippen LogP contribution in [0.4, 0.5) is 0 Å². The lowest BCUT2D eigenvalue weighted by atomic mass is 9.78. The highest BCUT2D eigenvalue weighted by Gasteiger charge is 2.41. The molecule has 0 spiro atoms. The lowest BCUT2D eigenvalue weighted by Crippen LogP contribution is -2.36. The molecule has 1 saturated carbocycles. The first-order valence-corrected chi connectivity index (χ1v) is 7.93. The van der Waals surface area contributed by atoms with Gasteiger partial charge in [0.05, 0.1) is 6.07 Å². The number of hydrogen-bond donors (Lipinski definition) is 0. The van der Waals surface area contributed by atoms with Crippen LogP contribution >= 0.6 is 0 Å². The van der Waals surface area contributed by atoms with Crippen molar-refractivity contribution in [3.8, 4) is 6.07 Å². The minimum atomic E-state index is -0.382. The fourth-order valence-electron chi connectivity index (χ4n) is 3.23. The van der Waals surface area contributed by atoms with Gasteiger partial charge in [-0.3, -0.25) is 0 Å². The first-order chi connectivity index (χ1) is 10.1. The van der Waals surface area contributed by atoms with Crippen LogP contribution in [0.3, 0.4) is 0 Å². The maximum Gasteiger partial charge on any atom is 0.227 e. The molecule has 3 unspecified atom stereocenters. The van der Waals surface area contributed by atoms with Crippen LogP contribution in [-0.2, 0) is 16.8 Å². The predicted molar refractivity (Wildman–Crippen MR) is 78.3 cm³/mol. The summed E-state index contributed by atoms with van der Waals surface area (Å²) in [7, 11) is 0. The van der Waals surface area contributed by atoms with E-state index in [2.05, 4.69) is 23.1 Å². The van der Waals surface area contributed by atoms with Gasteiger partial charge in [0.25, 0.3) is 0 Å². The predicted octanol–water partition coefficient (Wildman–Crippen LogP) is 3.60. The molecule has 3 atom stereocenters. The Morgan fingerprint density at radius 1 is 1.57 bits per heavy atom. The molecule has 1 heterocycles. The summed E-state index contributed by atoms with van der Waals surface area (Å²) in [5.41, 5.74) is -0.382. The molecule has 1 aliphatic carbocycles. The second-order valence-electron chi connectivity index (χ2n) is 6.31. The van der Waals surface area contributed by atoms with Gasteiger partial charge < -0.3 is 9.26 Å². The number of nitrogens with zero attached hydrogens (tertiary/aromatic N) is 3. The van der Waals surface area contributed by atoms with Gasteiger partial charge in [-0.1, -0.05) is 25.4 Å². The summed E-state index contributed by atoms with van der Waals surface area (Å²) in [4.78, 5) is 4.57. The zero-order valence-corrected chi connectivity index (χ0v) is 13.3. The SMILES string of the molecule is CCOC1(c2noc(CC(C)CC#N)n2)CCCC(C)C1. The average Bonchev–Trinajstić information content (AvgIpc) is 2.88. The maximum absolute atomic E-state index is 8.73. The van der Waals surface area contributed by atoms with E-state index in [4.69, 9.17) is 14.5 Å². The van der Waals surface area contributed by atoms with E-state index in [0.717, 1.165) is 19.3 Å². The van der Waals surface area contributed by atoms with Crippen molar-refractivity contribution in [2.75, 3.05) is 6.61 Å². The van der Waals surface area contributed by atoms with Crippen molar-refractivity contribution in [3.63, 3.8) is 0 Å². The van der Waals surface area contributed by atoms with Gasteiger partial charge in [0.15, 0.2) is 0 Å². The van der Waals surface area contributed by atoms with Gasteiger partial charge in [-0.25, -0.2) is 0 Å². The van der Waals surface area contributed by atoms with Crippen molar-refractivity contribution in [1.82, 2.24) is 10.1 Å². The molecular weight excluding hydrogens is 266 g/mol. The molecule has 1 fully saturated rings. The molecule has 0 aliphatic heterocycles. The van der Waals surface area contributed by atoms with Crippen molar-refractivity contribution in [2.24, 2.45) is 11.8 Å². The second-order valence-corrected chi connectivity index (χ2v) is 6.31. The molecule has 0 aromatic carbocycles. The molecule has 0 amide bonds. The summed E-state index contributed by atoms with van der Waals surface area (Å²) >= 11 is 0. The van der Waals surface area contributed by atoms with Crippen LogP contribution in [0.1, 0.15) is 64.6 Å². The number of ether oxygens (including phenoxy) is 1. The molecule has 21 heavy (non-hydrogen) atoms. The molecule has 1 aliphatic rings. The molecule has 5 heteroatoms. The Bertz CT molecular complexity index is 490. The van der Waals surface area contributed by atoms with Crippen molar-refractivity contribution in [1.29, 1.82) is 5.26 Å². The van der Waals surface area contributed by atoms with E-state index in [-0.39, 0.29) is 11.5 Å². The highest BCUT2D eigenvalue weighted by Crippen LogP contribution is 2.41. The third kappa shape index (κ3) is 3.82. The summed E-state index contributed by atoms with van der Waals surface area (Å²) in [6, 6.07) is 2.18. The van der Waals surface area contributed by atoms with Gasteiger partial charge in [0.1, 0.15) is 5.60 Å². The van der Waals surface area contributed by atoms with E-state index >= 15 is 0 Å². The quantitative estimate of drug-likeness (QED) is 0.800. The molecule has 0 bridgehead atoms. The largest absolute Gasteiger partial charge is 0.367 e. The van der Waals surface area contributed by atoms with Gasteiger partial charge >= 0.3 is 0 Å². The lowest BCUT2D eigenvalue weighted by molar-refractivity contribution is -0.0891. The summed E-state index contributed by atoms with van der Waals surface area (Å²) in [6.45, 7) is 6.94. The van der Waals surface area contributed by atoms with Gasteiger partial charge in [0.2, 0.25) is 11.7 Å². The first-order valence-electron chi connectivity index (χ1n) is 7.93. The molecule has 1 aromatic rings. The third-order valence-electron chi connectivity index (χ3n) is 4.21. The number of aromatic nitrogens is 2. The van der Waals surface area contributed by atoms with Crippen molar-refractivity contribution in [3.05, 3.63) is 11.7 Å². The minimum absolute atomic E-state index is 0.233. The molecule has 0 saturated heterocycles. The molecule has 116 valence electrons. The Balaban J connectivity index is 2.14. The van der Waals surface area contributed by atoms with Gasteiger partial charge in [0, 0.05) is 19.4 Å². The van der Waals surface area contributed by atoms with Crippen molar-refractivity contribution in [2.45, 2.75) is 64.9 Å². The zero-order chi connectivity index (χ0) is 15.3. The molecule has 2 rings (SSSR count). The normalized spacial score (nSPS) is 27.2. The Hall–Kier alpha value is -1.41. The Kier molecular flexibility index (Phi) is 5.35. The van der Waals surface area contributed by atoms with Crippen LogP contribution in [0.2, 0.25) is 0 Å². The number of hydrogen-bond acceptors (Lipinski definition) is 5. The fraction of sp³-hybridized carbons (Fsp3) is 0.812. The minimum Gasteiger partial charge on any atom is -0.367 e. The third-order valence-corrected chi connectivity index (χ3v) is 4.21. The van der Waals surface area contributed by atoms with Gasteiger partial charge in [-0.2, -0.15) is 10.2 Å². The van der Waals surface area contributed by atoms with E-state index in [1.54, 1.807) is 0 Å². The average molecular weight is 291 g/mol. The van der Waals surface area contributed by atoms with E-state index in [9.17, 15) is 0 Å². The van der Waals surface area contributed by atoms with Gasteiger partial charge in [-0.15, -0.1) is 0 Å². The number of nitriles is 1. The van der Waals surface area contributed by atoms with E-state index in [1.807, 2.05) is 13.8 Å². The Morgan fingerprint density at radius 2 is 2.38 bits per heavy atom. The summed E-state index contributed by atoms with van der Waals surface area (Å²) < 4.78 is 11.4. The van der Waals surface area contributed by atoms with Crippen LogP contribution in [-0.4, -0.2) is 16.7 Å². The second kappa shape index (κ2) is 7.04. The highest BCUT2D eigenvalue weighted by atomic mass is 16.5. The standard InChI is InChI=1S/C16H25N3O2/c1-4-20-16(8-5-6-13(3)11-16)15-18-14(21-19-15)10-12(2)7-9-17/h12-13H,4-8,10-11H2,1-3H3. The van der Waals surface area contributed by atoms with Crippen LogP contribution < -0.4 is 0 Å². The van der Waals surface area contributed by atoms with Crippen LogP contribution in [0, 0.1) is 23.2 Å². The van der Waals surface area contributed by atoms with Crippen LogP contribution in [0.5, 0.6) is 0 Å². The molecule has 5 nitrogen and oxygen atoms in total. The molecule has 0 N–H and O–H groups in total. The van der Waals surface area contributed by atoms with Gasteiger partial charge in [-0.05, 0) is 38.0 Å². The van der Waals surface area contributed by atoms with E-state index in [1.165, 1.54) is 6.42 Å².